The Kier molecular flexibility index (Phi) is 7.19. The van der Waals surface area contributed by atoms with Gasteiger partial charge in [0.15, 0.2) is 0 Å². The Hall–Kier alpha value is 0.353. The van der Waals surface area contributed by atoms with Crippen molar-refractivity contribution in [1.29, 1.82) is 0 Å². The molecule has 0 spiro atoms. The van der Waals surface area contributed by atoms with Crippen molar-refractivity contribution in [2.45, 2.75) is 65.6 Å². The van der Waals surface area contributed by atoms with E-state index in [1.807, 2.05) is 0 Å². The van der Waals surface area contributed by atoms with E-state index in [4.69, 9.17) is 4.99 Å². The maximum atomic E-state index is 5.06. The van der Waals surface area contributed by atoms with E-state index in [2.05, 4.69) is 62.3 Å². The second-order valence-corrected chi connectivity index (χ2v) is 11.3. The van der Waals surface area contributed by atoms with Crippen molar-refractivity contribution >= 4 is 5.71 Å². The third-order valence-corrected chi connectivity index (χ3v) is 11.1. The fourth-order valence-corrected chi connectivity index (χ4v) is 8.17. The number of halogens is 2. The molecule has 1 heterocycles. The van der Waals surface area contributed by atoms with E-state index in [1.165, 1.54) is 22.4 Å². The summed E-state index contributed by atoms with van der Waals surface area (Å²) >= 11 is -0.804. The molecule has 0 saturated heterocycles. The first-order valence-corrected chi connectivity index (χ1v) is 9.91. The van der Waals surface area contributed by atoms with E-state index in [9.17, 15) is 0 Å². The van der Waals surface area contributed by atoms with Crippen LogP contribution in [-0.4, -0.2) is 8.96 Å². The Morgan fingerprint density at radius 3 is 1.55 bits per heavy atom. The summed E-state index contributed by atoms with van der Waals surface area (Å²) < 4.78 is 1.86. The molecule has 1 aliphatic heterocycles. The van der Waals surface area contributed by atoms with Crippen LogP contribution in [0.3, 0.4) is 0 Å². The van der Waals surface area contributed by atoms with Crippen molar-refractivity contribution in [1.82, 2.24) is 0 Å². The van der Waals surface area contributed by atoms with E-state index in [-0.39, 0.29) is 33.5 Å². The monoisotopic (exact) mass is 417 g/mol. The number of hydrogen-bond donors (Lipinski definition) is 0. The predicted molar refractivity (Wildman–Crippen MR) is 84.7 cm³/mol. The number of nitrogens with zero attached hydrogens (tertiary/aromatic N) is 1. The summed E-state index contributed by atoms with van der Waals surface area (Å²) in [5, 5.41) is 0. The fraction of sp³-hybridized carbons (Fsp3) is 0.611. The van der Waals surface area contributed by atoms with Gasteiger partial charge in [0.1, 0.15) is 0 Å². The summed E-state index contributed by atoms with van der Waals surface area (Å²) in [6.07, 6.45) is 0. The summed E-state index contributed by atoms with van der Waals surface area (Å²) in [6, 6.07) is 0. The van der Waals surface area contributed by atoms with Gasteiger partial charge < -0.3 is 24.8 Å². The van der Waals surface area contributed by atoms with Crippen LogP contribution in [0.25, 0.3) is 0 Å². The maximum absolute atomic E-state index is 5.06. The van der Waals surface area contributed by atoms with Crippen LogP contribution in [-0.2, 0) is 23.2 Å². The van der Waals surface area contributed by atoms with E-state index >= 15 is 0 Å². The van der Waals surface area contributed by atoms with Crippen LogP contribution in [0.2, 0.25) is 0 Å². The molecule has 1 unspecified atom stereocenters. The topological polar surface area (TPSA) is 12.4 Å². The molecule has 0 aromatic rings. The maximum Gasteiger partial charge on any atom is -1.00 e. The molecule has 1 atom stereocenters. The zero-order valence-corrected chi connectivity index (χ0v) is 19.2. The molecule has 0 aromatic heterocycles. The van der Waals surface area contributed by atoms with Gasteiger partial charge in [-0.1, -0.05) is 0 Å². The minimum atomic E-state index is -0.804. The minimum absolute atomic E-state index is 0. The first kappa shape index (κ1) is 22.4. The molecule has 122 valence electrons. The van der Waals surface area contributed by atoms with Crippen molar-refractivity contribution in [3.8, 4) is 0 Å². The third-order valence-electron chi connectivity index (χ3n) is 5.66. The second kappa shape index (κ2) is 7.08. The Morgan fingerprint density at radius 2 is 1.23 bits per heavy atom. The van der Waals surface area contributed by atoms with Crippen LogP contribution < -0.4 is 24.8 Å². The van der Waals surface area contributed by atoms with Gasteiger partial charge in [-0.15, -0.1) is 0 Å². The van der Waals surface area contributed by atoms with Crippen LogP contribution in [0.4, 0.5) is 0 Å². The van der Waals surface area contributed by atoms with Crippen molar-refractivity contribution in [3.63, 3.8) is 0 Å². The van der Waals surface area contributed by atoms with Crippen molar-refractivity contribution in [3.05, 3.63) is 31.1 Å². The summed E-state index contributed by atoms with van der Waals surface area (Å²) in [6.45, 7) is 20.8. The van der Waals surface area contributed by atoms with Gasteiger partial charge in [0.25, 0.3) is 0 Å². The fourth-order valence-electron chi connectivity index (χ4n) is 3.35. The van der Waals surface area contributed by atoms with Crippen LogP contribution >= 0.6 is 0 Å². The molecule has 2 aliphatic rings. The Balaban J connectivity index is 0.00000220. The molecule has 4 heteroatoms. The first-order valence-electron chi connectivity index (χ1n) is 7.45. The largest absolute Gasteiger partial charge is 1.00 e. The van der Waals surface area contributed by atoms with Gasteiger partial charge in [-0.2, -0.15) is 0 Å². The summed E-state index contributed by atoms with van der Waals surface area (Å²) in [5.41, 5.74) is 9.08. The molecule has 0 radical (unpaired) electrons. The molecule has 2 rings (SSSR count). The molecule has 0 saturated carbocycles. The summed E-state index contributed by atoms with van der Waals surface area (Å²) in [7, 11) is 0. The average molecular weight is 420 g/mol. The smallest absolute Gasteiger partial charge is 1.00 e. The summed E-state index contributed by atoms with van der Waals surface area (Å²) in [5.74, 6) is 0. The average Bonchev–Trinajstić information content (AvgIpc) is 2.64. The molecular formula is C18H27Cl2NZr. The molecule has 0 aromatic carbocycles. The van der Waals surface area contributed by atoms with Gasteiger partial charge in [-0.3, -0.25) is 0 Å². The summed E-state index contributed by atoms with van der Waals surface area (Å²) in [4.78, 5) is 5.06. The van der Waals surface area contributed by atoms with Crippen molar-refractivity contribution < 1.29 is 48.0 Å². The van der Waals surface area contributed by atoms with Crippen LogP contribution in [0.5, 0.6) is 0 Å². The Bertz CT molecular complexity index is 609. The Morgan fingerprint density at radius 1 is 0.727 bits per heavy atom. The molecule has 0 amide bonds. The van der Waals surface area contributed by atoms with Gasteiger partial charge in [0, 0.05) is 0 Å². The quantitative estimate of drug-likeness (QED) is 0.559. The van der Waals surface area contributed by atoms with Crippen LogP contribution in [0.15, 0.2) is 36.1 Å². The van der Waals surface area contributed by atoms with Gasteiger partial charge in [0.05, 0.1) is 0 Å². The first-order chi connectivity index (χ1) is 9.02. The van der Waals surface area contributed by atoms with Crippen LogP contribution in [0.1, 0.15) is 62.3 Å². The van der Waals surface area contributed by atoms with Crippen molar-refractivity contribution in [2.24, 2.45) is 10.4 Å². The molecule has 0 N–H and O–H groups in total. The number of aliphatic imine (C=N–C) groups is 1. The van der Waals surface area contributed by atoms with Crippen molar-refractivity contribution in [2.75, 3.05) is 0 Å². The van der Waals surface area contributed by atoms with E-state index < -0.39 is 23.2 Å². The molecule has 1 aliphatic carbocycles. The third kappa shape index (κ3) is 3.26. The molecule has 0 fully saturated rings. The zero-order chi connectivity index (χ0) is 15.5. The standard InChI is InChI=1S/C10H15.C8H12N.2ClH.Zr/c1-7-6-10(4,5)9(3)8(7)2;1-5-6(2)8(4)9-7(5)3;;;/h1-5H3;1-4H3;2*1H;/q;;;;+2/p-2. The predicted octanol–water partition coefficient (Wildman–Crippen LogP) is -0.746. The molecule has 22 heavy (non-hydrogen) atoms. The Labute approximate surface area is 160 Å². The van der Waals surface area contributed by atoms with E-state index in [0.717, 1.165) is 0 Å². The number of rotatable bonds is 2. The second-order valence-electron chi connectivity index (χ2n) is 7.02. The minimum Gasteiger partial charge on any atom is -1.00 e. The van der Waals surface area contributed by atoms with Crippen LogP contribution in [0, 0.1) is 5.41 Å². The van der Waals surface area contributed by atoms with E-state index in [1.54, 1.807) is 14.4 Å². The van der Waals surface area contributed by atoms with Gasteiger partial charge >= 0.3 is 136 Å². The zero-order valence-electron chi connectivity index (χ0n) is 15.2. The molecule has 1 nitrogen and oxygen atoms in total. The van der Waals surface area contributed by atoms with E-state index in [0.29, 0.717) is 0 Å². The normalized spacial score (nSPS) is 26.7. The van der Waals surface area contributed by atoms with Gasteiger partial charge in [0.2, 0.25) is 0 Å². The molecular weight excluding hydrogens is 392 g/mol. The van der Waals surface area contributed by atoms with Gasteiger partial charge in [-0.05, 0) is 0 Å². The molecule has 0 bridgehead atoms. The SMILES string of the molecule is CC1=N[C](C)([Zr+2][C]2=C(C)C(C)=C(C)C2(C)C)C(C)=C1C.[Cl-].[Cl-]. The number of hydrogen-bond acceptors (Lipinski definition) is 1. The van der Waals surface area contributed by atoms with Gasteiger partial charge in [-0.25, -0.2) is 0 Å². The number of allylic oxidation sites excluding steroid dienone is 5.